The maximum Gasteiger partial charge on any atom is 0.336 e. The molecule has 2 aromatic rings. The molecule has 1 atom stereocenters. The first-order valence-electron chi connectivity index (χ1n) is 5.80. The van der Waals surface area contributed by atoms with E-state index >= 15 is 0 Å². The van der Waals surface area contributed by atoms with E-state index in [-0.39, 0.29) is 18.0 Å². The topological polar surface area (TPSA) is 42.3 Å². The van der Waals surface area contributed by atoms with Gasteiger partial charge in [-0.25, -0.2) is 4.79 Å². The zero-order valence-electron chi connectivity index (χ0n) is 9.91. The van der Waals surface area contributed by atoms with Gasteiger partial charge in [0, 0.05) is 6.20 Å². The van der Waals surface area contributed by atoms with Crippen LogP contribution in [0.15, 0.2) is 48.7 Å². The minimum Gasteiger partial charge on any atom is -0.267 e. The highest BCUT2D eigenvalue weighted by molar-refractivity contribution is 6.11. The number of carbonyl (C=O) groups excluding carboxylic acids is 2. The highest BCUT2D eigenvalue weighted by atomic mass is 16.2. The van der Waals surface area contributed by atoms with Gasteiger partial charge in [-0.3, -0.25) is 14.3 Å². The Balaban J connectivity index is 1.98. The van der Waals surface area contributed by atoms with Gasteiger partial charge in [0.1, 0.15) is 5.69 Å². The molecule has 0 N–H and O–H groups in total. The van der Waals surface area contributed by atoms with Crippen LogP contribution in [-0.4, -0.2) is 21.4 Å². The van der Waals surface area contributed by atoms with E-state index in [0.29, 0.717) is 5.69 Å². The monoisotopic (exact) mass is 240 g/mol. The predicted octanol–water partition coefficient (Wildman–Crippen LogP) is 2.67. The molecule has 2 heterocycles. The van der Waals surface area contributed by atoms with Crippen LogP contribution in [0.3, 0.4) is 0 Å². The minimum atomic E-state index is -0.281. The van der Waals surface area contributed by atoms with Crippen molar-refractivity contribution in [3.8, 4) is 0 Å². The van der Waals surface area contributed by atoms with Crippen molar-refractivity contribution < 1.29 is 9.59 Å². The second-order valence-corrected chi connectivity index (χ2v) is 4.31. The molecule has 0 fully saturated rings. The maximum absolute atomic E-state index is 12.2. The summed E-state index contributed by atoms with van der Waals surface area (Å²) in [6.45, 7) is 1.86. The van der Waals surface area contributed by atoms with Crippen LogP contribution in [0.2, 0.25) is 0 Å². The molecule has 4 nitrogen and oxygen atoms in total. The fourth-order valence-electron chi connectivity index (χ4n) is 2.27. The van der Waals surface area contributed by atoms with Crippen LogP contribution in [0.1, 0.15) is 29.0 Å². The standard InChI is InChI=1S/C14H12N2O2/c1-10(11-6-3-2-4-7-11)16-13(17)12-8-5-9-15(12)14(16)18/h2-10H,1H3. The van der Waals surface area contributed by atoms with Crippen molar-refractivity contribution in [3.63, 3.8) is 0 Å². The van der Waals surface area contributed by atoms with Crippen LogP contribution in [-0.2, 0) is 0 Å². The largest absolute Gasteiger partial charge is 0.336 e. The molecule has 18 heavy (non-hydrogen) atoms. The molecule has 0 saturated carbocycles. The van der Waals surface area contributed by atoms with E-state index in [1.54, 1.807) is 18.3 Å². The summed E-state index contributed by atoms with van der Waals surface area (Å²) in [5, 5.41) is 0. The molecule has 4 heteroatoms. The zero-order valence-corrected chi connectivity index (χ0v) is 9.91. The lowest BCUT2D eigenvalue weighted by Gasteiger charge is -2.22. The average Bonchev–Trinajstić information content (AvgIpc) is 2.95. The van der Waals surface area contributed by atoms with Crippen molar-refractivity contribution in [3.05, 3.63) is 59.9 Å². The Labute approximate surface area is 104 Å². The van der Waals surface area contributed by atoms with Crippen LogP contribution in [0.4, 0.5) is 4.79 Å². The van der Waals surface area contributed by atoms with Gasteiger partial charge in [0.2, 0.25) is 0 Å². The van der Waals surface area contributed by atoms with Gasteiger partial charge in [0.05, 0.1) is 6.04 Å². The van der Waals surface area contributed by atoms with Crippen molar-refractivity contribution >= 4 is 11.9 Å². The summed E-state index contributed by atoms with van der Waals surface area (Å²) in [5.41, 5.74) is 1.38. The Hall–Kier alpha value is -2.36. The van der Waals surface area contributed by atoms with E-state index in [1.165, 1.54) is 9.47 Å². The van der Waals surface area contributed by atoms with Gasteiger partial charge in [-0.2, -0.15) is 0 Å². The third-order valence-electron chi connectivity index (χ3n) is 3.27. The highest BCUT2D eigenvalue weighted by Gasteiger charge is 2.38. The molecule has 1 unspecified atom stereocenters. The van der Waals surface area contributed by atoms with Crippen molar-refractivity contribution in [2.24, 2.45) is 0 Å². The highest BCUT2D eigenvalue weighted by Crippen LogP contribution is 2.27. The van der Waals surface area contributed by atoms with E-state index in [1.807, 2.05) is 37.3 Å². The fraction of sp³-hybridized carbons (Fsp3) is 0.143. The second-order valence-electron chi connectivity index (χ2n) is 4.31. The normalized spacial score (nSPS) is 15.9. The lowest BCUT2D eigenvalue weighted by molar-refractivity contribution is 0.0789. The molecule has 1 aliphatic rings. The third kappa shape index (κ3) is 1.39. The molecule has 0 spiro atoms. The van der Waals surface area contributed by atoms with Gasteiger partial charge >= 0.3 is 6.03 Å². The molecule has 0 saturated heterocycles. The van der Waals surface area contributed by atoms with E-state index in [9.17, 15) is 9.59 Å². The lowest BCUT2D eigenvalue weighted by Crippen LogP contribution is -2.33. The zero-order chi connectivity index (χ0) is 12.7. The summed E-state index contributed by atoms with van der Waals surface area (Å²) in [4.78, 5) is 25.6. The second kappa shape index (κ2) is 3.84. The number of amides is 2. The van der Waals surface area contributed by atoms with Gasteiger partial charge in [-0.15, -0.1) is 0 Å². The number of rotatable bonds is 2. The summed E-state index contributed by atoms with van der Waals surface area (Å²) in [6, 6.07) is 12.4. The molecule has 1 aromatic carbocycles. The minimum absolute atomic E-state index is 0.235. The van der Waals surface area contributed by atoms with Crippen LogP contribution in [0.25, 0.3) is 0 Å². The number of fused-ring (bicyclic) bond motifs is 1. The van der Waals surface area contributed by atoms with Crippen molar-refractivity contribution in [2.75, 3.05) is 0 Å². The summed E-state index contributed by atoms with van der Waals surface area (Å²) in [5.74, 6) is -0.235. The molecule has 90 valence electrons. The van der Waals surface area contributed by atoms with Crippen molar-refractivity contribution in [1.82, 2.24) is 9.47 Å². The van der Waals surface area contributed by atoms with Gasteiger partial charge in [0.15, 0.2) is 0 Å². The SMILES string of the molecule is CC(c1ccccc1)N1C(=O)c2cccn2C1=O. The molecule has 1 aromatic heterocycles. The first-order valence-corrected chi connectivity index (χ1v) is 5.80. The van der Waals surface area contributed by atoms with Gasteiger partial charge in [-0.1, -0.05) is 30.3 Å². The Morgan fingerprint density at radius 3 is 2.39 bits per heavy atom. The Kier molecular flexibility index (Phi) is 2.30. The van der Waals surface area contributed by atoms with Crippen LogP contribution < -0.4 is 0 Å². The fourth-order valence-corrected chi connectivity index (χ4v) is 2.27. The van der Waals surface area contributed by atoms with E-state index in [4.69, 9.17) is 0 Å². The molecule has 0 bridgehead atoms. The number of hydrogen-bond donors (Lipinski definition) is 0. The summed E-state index contributed by atoms with van der Waals surface area (Å²) in [7, 11) is 0. The number of aromatic nitrogens is 1. The summed E-state index contributed by atoms with van der Waals surface area (Å²) in [6.07, 6.45) is 1.62. The van der Waals surface area contributed by atoms with Crippen LogP contribution in [0.5, 0.6) is 0 Å². The smallest absolute Gasteiger partial charge is 0.267 e. The van der Waals surface area contributed by atoms with Crippen molar-refractivity contribution in [1.29, 1.82) is 0 Å². The third-order valence-corrected chi connectivity index (χ3v) is 3.27. The Morgan fingerprint density at radius 1 is 1.00 bits per heavy atom. The molecule has 0 radical (unpaired) electrons. The first kappa shape index (κ1) is 10.8. The summed E-state index contributed by atoms with van der Waals surface area (Å²) >= 11 is 0. The molecular formula is C14H12N2O2. The summed E-state index contributed by atoms with van der Waals surface area (Å²) < 4.78 is 1.39. The number of imide groups is 1. The number of benzene rings is 1. The lowest BCUT2D eigenvalue weighted by atomic mass is 10.1. The number of carbonyl (C=O) groups is 2. The molecular weight excluding hydrogens is 228 g/mol. The van der Waals surface area contributed by atoms with E-state index < -0.39 is 0 Å². The van der Waals surface area contributed by atoms with E-state index in [2.05, 4.69) is 0 Å². The number of nitrogens with zero attached hydrogens (tertiary/aromatic N) is 2. The van der Waals surface area contributed by atoms with Gasteiger partial charge < -0.3 is 0 Å². The maximum atomic E-state index is 12.2. The first-order chi connectivity index (χ1) is 8.70. The molecule has 1 aliphatic heterocycles. The number of hydrogen-bond acceptors (Lipinski definition) is 2. The van der Waals surface area contributed by atoms with Gasteiger partial charge in [0.25, 0.3) is 5.91 Å². The molecule has 2 amide bonds. The predicted molar refractivity (Wildman–Crippen MR) is 66.3 cm³/mol. The van der Waals surface area contributed by atoms with E-state index in [0.717, 1.165) is 5.56 Å². The quantitative estimate of drug-likeness (QED) is 0.809. The van der Waals surface area contributed by atoms with Crippen molar-refractivity contribution in [2.45, 2.75) is 13.0 Å². The van der Waals surface area contributed by atoms with Gasteiger partial charge in [-0.05, 0) is 24.6 Å². The molecule has 3 rings (SSSR count). The Morgan fingerprint density at radius 2 is 1.72 bits per heavy atom. The molecule has 0 aliphatic carbocycles. The average molecular weight is 240 g/mol. The van der Waals surface area contributed by atoms with Crippen LogP contribution in [0, 0.1) is 0 Å². The Bertz CT molecular complexity index is 585. The van der Waals surface area contributed by atoms with Crippen LogP contribution >= 0.6 is 0 Å².